The van der Waals surface area contributed by atoms with Crippen molar-refractivity contribution in [2.75, 3.05) is 19.8 Å². The molecule has 2 aromatic rings. The van der Waals surface area contributed by atoms with Crippen molar-refractivity contribution >= 4 is 10.0 Å². The number of hydrogen-bond donors (Lipinski definition) is 2. The van der Waals surface area contributed by atoms with Crippen molar-refractivity contribution in [2.24, 2.45) is 5.92 Å². The van der Waals surface area contributed by atoms with Crippen LogP contribution in [0.5, 0.6) is 5.75 Å². The van der Waals surface area contributed by atoms with Crippen molar-refractivity contribution in [1.29, 1.82) is 0 Å². The van der Waals surface area contributed by atoms with Crippen LogP contribution >= 0.6 is 0 Å². The molecule has 0 radical (unpaired) electrons. The molecule has 2 N–H and O–H groups in total. The summed E-state index contributed by atoms with van der Waals surface area (Å²) in [5.41, 5.74) is -0.993. The minimum absolute atomic E-state index is 0.0228. The third-order valence-corrected chi connectivity index (χ3v) is 5.89. The zero-order chi connectivity index (χ0) is 20.7. The average Bonchev–Trinajstić information content (AvgIpc) is 3.52. The normalized spacial score (nSPS) is 14.1. The highest BCUT2D eigenvalue weighted by atomic mass is 32.2. The van der Waals surface area contributed by atoms with Crippen molar-refractivity contribution in [3.8, 4) is 5.75 Å². The van der Waals surface area contributed by atoms with Crippen molar-refractivity contribution < 1.29 is 17.9 Å². The van der Waals surface area contributed by atoms with Crippen molar-refractivity contribution in [3.63, 3.8) is 0 Å². The highest BCUT2D eigenvalue weighted by Crippen LogP contribution is 2.29. The maximum absolute atomic E-state index is 12.4. The summed E-state index contributed by atoms with van der Waals surface area (Å²) in [6.45, 7) is 1.28. The first-order chi connectivity index (χ1) is 13.9. The molecule has 0 unspecified atom stereocenters. The highest BCUT2D eigenvalue weighted by Gasteiger charge is 2.22. The van der Waals surface area contributed by atoms with E-state index in [1.807, 2.05) is 0 Å². The van der Waals surface area contributed by atoms with Gasteiger partial charge in [-0.3, -0.25) is 14.3 Å². The third kappa shape index (κ3) is 6.84. The number of ether oxygens (including phenoxy) is 2. The lowest BCUT2D eigenvalue weighted by atomic mass is 10.3. The minimum atomic E-state index is -3.60. The molecule has 0 spiro atoms. The summed E-state index contributed by atoms with van der Waals surface area (Å²) in [4.78, 5) is 24.8. The molecular formula is C19H25N3O6S. The summed E-state index contributed by atoms with van der Waals surface area (Å²) in [7, 11) is -3.60. The third-order valence-electron chi connectivity index (χ3n) is 4.43. The van der Waals surface area contributed by atoms with Gasteiger partial charge in [0.1, 0.15) is 12.5 Å². The van der Waals surface area contributed by atoms with Gasteiger partial charge in [0.2, 0.25) is 10.0 Å². The Labute approximate surface area is 168 Å². The number of unbranched alkanes of at least 4 members (excludes halogenated alkanes) is 1. The highest BCUT2D eigenvalue weighted by molar-refractivity contribution is 7.89. The second kappa shape index (κ2) is 9.86. The lowest BCUT2D eigenvalue weighted by Crippen LogP contribution is -2.29. The van der Waals surface area contributed by atoms with Gasteiger partial charge >= 0.3 is 5.69 Å². The summed E-state index contributed by atoms with van der Waals surface area (Å²) < 4.78 is 39.6. The van der Waals surface area contributed by atoms with Crippen molar-refractivity contribution in [2.45, 2.75) is 37.3 Å². The molecule has 0 aliphatic heterocycles. The van der Waals surface area contributed by atoms with E-state index < -0.39 is 21.3 Å². The van der Waals surface area contributed by atoms with Gasteiger partial charge in [0.25, 0.3) is 5.56 Å². The molecule has 1 heterocycles. The fraction of sp³-hybridized carbons (Fsp3) is 0.474. The molecule has 3 rings (SSSR count). The summed E-state index contributed by atoms with van der Waals surface area (Å²) in [6.07, 6.45) is 4.90. The maximum atomic E-state index is 12.4. The van der Waals surface area contributed by atoms with E-state index in [0.29, 0.717) is 37.7 Å². The Morgan fingerprint density at radius 2 is 2.00 bits per heavy atom. The van der Waals surface area contributed by atoms with Gasteiger partial charge < -0.3 is 9.47 Å². The largest absolute Gasteiger partial charge is 0.493 e. The molecule has 29 heavy (non-hydrogen) atoms. The Morgan fingerprint density at radius 3 is 2.76 bits per heavy atom. The van der Waals surface area contributed by atoms with E-state index in [9.17, 15) is 18.0 Å². The molecule has 1 aromatic heterocycles. The van der Waals surface area contributed by atoms with Crippen LogP contribution in [0.4, 0.5) is 0 Å². The second-order valence-electron chi connectivity index (χ2n) is 6.95. The monoisotopic (exact) mass is 423 g/mol. The standard InChI is InChI=1S/C19H25N3O6S/c23-18-8-10-22(19(24)21-18)14-27-11-2-1-9-20-29(25,26)17-5-3-4-16(12-17)28-13-15-6-7-15/h3-5,8,10,12,15,20H,1-2,6-7,9,11,13-14H2,(H,21,23,24). The summed E-state index contributed by atoms with van der Waals surface area (Å²) >= 11 is 0. The van der Waals surface area contributed by atoms with Crippen LogP contribution in [0.25, 0.3) is 0 Å². The minimum Gasteiger partial charge on any atom is -0.493 e. The fourth-order valence-corrected chi connectivity index (χ4v) is 3.67. The lowest BCUT2D eigenvalue weighted by molar-refractivity contribution is 0.0711. The Kier molecular flexibility index (Phi) is 7.24. The second-order valence-corrected chi connectivity index (χ2v) is 8.72. The number of H-pyrrole nitrogens is 1. The van der Waals surface area contributed by atoms with Crippen LogP contribution < -0.4 is 20.7 Å². The SMILES string of the molecule is O=c1ccn(COCCCCNS(=O)(=O)c2cccc(OCC3CC3)c2)c(=O)[nH]1. The summed E-state index contributed by atoms with van der Waals surface area (Å²) in [6, 6.07) is 7.74. The first-order valence-corrected chi connectivity index (χ1v) is 11.0. The molecule has 1 saturated carbocycles. The quantitative estimate of drug-likeness (QED) is 0.493. The van der Waals surface area contributed by atoms with Gasteiger partial charge in [0, 0.05) is 31.5 Å². The smallest absolute Gasteiger partial charge is 0.330 e. The lowest BCUT2D eigenvalue weighted by Gasteiger charge is -2.10. The molecule has 0 saturated heterocycles. The molecular weight excluding hydrogens is 398 g/mol. The molecule has 1 aliphatic carbocycles. The van der Waals surface area contributed by atoms with E-state index in [2.05, 4.69) is 9.71 Å². The number of nitrogens with one attached hydrogen (secondary N) is 2. The van der Waals surface area contributed by atoms with Crippen molar-refractivity contribution in [1.82, 2.24) is 14.3 Å². The van der Waals surface area contributed by atoms with Crippen LogP contribution in [-0.4, -0.2) is 37.7 Å². The van der Waals surface area contributed by atoms with Gasteiger partial charge in [-0.1, -0.05) is 6.07 Å². The Hall–Kier alpha value is -2.43. The van der Waals surface area contributed by atoms with Gasteiger partial charge in [-0.05, 0) is 43.7 Å². The van der Waals surface area contributed by atoms with Gasteiger partial charge in [0.15, 0.2) is 0 Å². The van der Waals surface area contributed by atoms with Crippen LogP contribution in [0.2, 0.25) is 0 Å². The van der Waals surface area contributed by atoms with Crippen molar-refractivity contribution in [3.05, 3.63) is 57.4 Å². The van der Waals surface area contributed by atoms with E-state index >= 15 is 0 Å². The van der Waals surface area contributed by atoms with Crippen LogP contribution in [0, 0.1) is 5.92 Å². The van der Waals surface area contributed by atoms with E-state index in [-0.39, 0.29) is 18.2 Å². The first-order valence-electron chi connectivity index (χ1n) is 9.54. The number of aromatic amines is 1. The molecule has 0 atom stereocenters. The Morgan fingerprint density at radius 1 is 1.17 bits per heavy atom. The van der Waals surface area contributed by atoms with E-state index in [4.69, 9.17) is 9.47 Å². The zero-order valence-corrected chi connectivity index (χ0v) is 16.8. The predicted octanol–water partition coefficient (Wildman–Crippen LogP) is 1.06. The average molecular weight is 423 g/mol. The van der Waals surface area contributed by atoms with Crippen LogP contribution in [0.1, 0.15) is 25.7 Å². The molecule has 9 nitrogen and oxygen atoms in total. The maximum Gasteiger partial charge on any atom is 0.330 e. The number of rotatable bonds is 12. The molecule has 0 amide bonds. The number of nitrogens with zero attached hydrogens (tertiary/aromatic N) is 1. The zero-order valence-electron chi connectivity index (χ0n) is 16.0. The molecule has 1 aromatic carbocycles. The van der Waals surface area contributed by atoms with Gasteiger partial charge in [-0.2, -0.15) is 0 Å². The summed E-state index contributed by atoms with van der Waals surface area (Å²) in [5, 5.41) is 0. The fourth-order valence-electron chi connectivity index (χ4n) is 2.56. The number of hydrogen-bond acceptors (Lipinski definition) is 6. The van der Waals surface area contributed by atoms with Gasteiger partial charge in [-0.15, -0.1) is 0 Å². The van der Waals surface area contributed by atoms with Gasteiger partial charge in [-0.25, -0.2) is 17.9 Å². The van der Waals surface area contributed by atoms with Gasteiger partial charge in [0.05, 0.1) is 11.5 Å². The number of sulfonamides is 1. The number of benzene rings is 1. The molecule has 1 fully saturated rings. The molecule has 10 heteroatoms. The van der Waals surface area contributed by atoms with Crippen LogP contribution in [-0.2, 0) is 21.5 Å². The Balaban J connectivity index is 1.36. The Bertz CT molecular complexity index is 1030. The van der Waals surface area contributed by atoms with Crippen LogP contribution in [0.3, 0.4) is 0 Å². The van der Waals surface area contributed by atoms with E-state index in [0.717, 1.165) is 0 Å². The summed E-state index contributed by atoms with van der Waals surface area (Å²) in [5.74, 6) is 1.16. The molecule has 1 aliphatic rings. The predicted molar refractivity (Wildman–Crippen MR) is 106 cm³/mol. The molecule has 158 valence electrons. The molecule has 0 bridgehead atoms. The number of aromatic nitrogens is 2. The first kappa shape index (κ1) is 21.3. The van der Waals surface area contributed by atoms with E-state index in [1.54, 1.807) is 12.1 Å². The van der Waals surface area contributed by atoms with E-state index in [1.165, 1.54) is 41.8 Å². The van der Waals surface area contributed by atoms with Crippen LogP contribution in [0.15, 0.2) is 51.0 Å². The topological polar surface area (TPSA) is 119 Å².